The van der Waals surface area contributed by atoms with Crippen molar-refractivity contribution in [2.24, 2.45) is 0 Å². The van der Waals surface area contributed by atoms with Crippen LogP contribution in [-0.2, 0) is 20.7 Å². The molecule has 0 aliphatic rings. The second kappa shape index (κ2) is 8.63. The largest absolute Gasteiger partial charge is 0.469 e. The Bertz CT molecular complexity index is 859. The summed E-state index contributed by atoms with van der Waals surface area (Å²) >= 11 is 6.58. The fourth-order valence-electron chi connectivity index (χ4n) is 1.77. The van der Waals surface area contributed by atoms with E-state index in [4.69, 9.17) is 11.6 Å². The minimum atomic E-state index is -0.655. The lowest BCUT2D eigenvalue weighted by Gasteiger charge is -2.07. The average Bonchev–Trinajstić information content (AvgIpc) is 2.55. The molecule has 1 aromatic heterocycles. The number of carbonyl (C=O) groups excluding carboxylic acids is 2. The van der Waals surface area contributed by atoms with Gasteiger partial charge in [0.1, 0.15) is 5.82 Å². The highest BCUT2D eigenvalue weighted by Gasteiger charge is 2.11. The van der Waals surface area contributed by atoms with E-state index in [1.54, 1.807) is 0 Å². The molecule has 0 bridgehead atoms. The molecule has 10 heteroatoms. The zero-order chi connectivity index (χ0) is 18.4. The van der Waals surface area contributed by atoms with E-state index < -0.39 is 23.3 Å². The summed E-state index contributed by atoms with van der Waals surface area (Å²) in [4.78, 5) is 41.2. The van der Waals surface area contributed by atoms with E-state index in [1.807, 2.05) is 0 Å². The Morgan fingerprint density at radius 1 is 1.40 bits per heavy atom. The summed E-state index contributed by atoms with van der Waals surface area (Å²) in [6.45, 7) is 0. The zero-order valence-electron chi connectivity index (χ0n) is 13.0. The number of H-pyrrole nitrogens is 1. The number of aromatic amines is 1. The van der Waals surface area contributed by atoms with Crippen LogP contribution < -0.4 is 10.9 Å². The minimum absolute atomic E-state index is 0.00380. The Morgan fingerprint density at radius 3 is 2.84 bits per heavy atom. The lowest BCUT2D eigenvalue weighted by Crippen LogP contribution is -2.17. The first-order valence-electron chi connectivity index (χ1n) is 6.92. The van der Waals surface area contributed by atoms with Crippen LogP contribution in [-0.4, -0.2) is 34.7 Å². The van der Waals surface area contributed by atoms with Crippen molar-refractivity contribution in [2.45, 2.75) is 11.6 Å². The van der Waals surface area contributed by atoms with E-state index in [-0.39, 0.29) is 33.7 Å². The van der Waals surface area contributed by atoms with Gasteiger partial charge in [0.15, 0.2) is 5.16 Å². The van der Waals surface area contributed by atoms with E-state index in [9.17, 15) is 18.8 Å². The number of halogens is 2. The second-order valence-corrected chi connectivity index (χ2v) is 6.16. The van der Waals surface area contributed by atoms with Gasteiger partial charge in [-0.3, -0.25) is 14.4 Å². The highest BCUT2D eigenvalue weighted by Crippen LogP contribution is 2.19. The molecule has 0 radical (unpaired) electrons. The van der Waals surface area contributed by atoms with Crippen LogP contribution in [0.3, 0.4) is 0 Å². The number of nitrogens with zero attached hydrogens (tertiary/aromatic N) is 1. The van der Waals surface area contributed by atoms with Crippen molar-refractivity contribution in [3.8, 4) is 0 Å². The number of nitrogens with one attached hydrogen (secondary N) is 2. The number of methoxy groups -OCH3 is 1. The molecule has 132 valence electrons. The molecule has 0 aliphatic heterocycles. The molecule has 2 N–H and O–H groups in total. The number of amides is 1. The number of thioether (sulfide) groups is 1. The van der Waals surface area contributed by atoms with E-state index >= 15 is 0 Å². The van der Waals surface area contributed by atoms with Crippen LogP contribution in [0.1, 0.15) is 5.69 Å². The number of hydrogen-bond donors (Lipinski definition) is 2. The third-order valence-corrected chi connectivity index (χ3v) is 3.98. The van der Waals surface area contributed by atoms with Crippen molar-refractivity contribution < 1.29 is 18.7 Å². The zero-order valence-corrected chi connectivity index (χ0v) is 14.5. The van der Waals surface area contributed by atoms with Crippen LogP contribution in [0.2, 0.25) is 5.02 Å². The number of anilines is 1. The van der Waals surface area contributed by atoms with Gasteiger partial charge in [-0.25, -0.2) is 9.37 Å². The highest BCUT2D eigenvalue weighted by molar-refractivity contribution is 7.99. The van der Waals surface area contributed by atoms with Crippen molar-refractivity contribution in [3.05, 3.63) is 51.2 Å². The van der Waals surface area contributed by atoms with Gasteiger partial charge in [-0.15, -0.1) is 0 Å². The van der Waals surface area contributed by atoms with Crippen LogP contribution in [0, 0.1) is 5.82 Å². The summed E-state index contributed by atoms with van der Waals surface area (Å²) in [6.07, 6.45) is -0.157. The molecule has 0 spiro atoms. The van der Waals surface area contributed by atoms with Crippen LogP contribution in [0.25, 0.3) is 0 Å². The molecule has 2 rings (SSSR count). The normalized spacial score (nSPS) is 10.4. The molecule has 1 aromatic carbocycles. The molecule has 25 heavy (non-hydrogen) atoms. The van der Waals surface area contributed by atoms with Gasteiger partial charge in [0.25, 0.3) is 5.56 Å². The fraction of sp³-hybridized carbons (Fsp3) is 0.200. The third-order valence-electron chi connectivity index (χ3n) is 2.87. The molecule has 1 amide bonds. The van der Waals surface area contributed by atoms with Crippen molar-refractivity contribution >= 4 is 40.9 Å². The van der Waals surface area contributed by atoms with Crippen molar-refractivity contribution in [2.75, 3.05) is 18.2 Å². The van der Waals surface area contributed by atoms with Crippen LogP contribution in [0.15, 0.2) is 34.2 Å². The Balaban J connectivity index is 1.99. The van der Waals surface area contributed by atoms with Gasteiger partial charge in [-0.1, -0.05) is 23.4 Å². The molecule has 0 fully saturated rings. The maximum atomic E-state index is 13.6. The van der Waals surface area contributed by atoms with Gasteiger partial charge in [0.05, 0.1) is 30.7 Å². The first-order valence-corrected chi connectivity index (χ1v) is 8.28. The Labute approximate surface area is 150 Å². The number of ether oxygens (including phenoxy) is 1. The molecule has 2 aromatic rings. The van der Waals surface area contributed by atoms with Crippen LogP contribution in [0.5, 0.6) is 0 Å². The molecular formula is C15H13ClFN3O4S. The van der Waals surface area contributed by atoms with Crippen LogP contribution in [0.4, 0.5) is 10.1 Å². The standard InChI is InChI=1S/C15H13ClFN3O4S/c1-24-14(23)6-9-5-12(21)20-15(18-9)25-7-13(22)19-11-3-2-8(16)4-10(11)17/h2-5H,6-7H2,1H3,(H,19,22)(H,18,20,21). The molecule has 0 saturated carbocycles. The van der Waals surface area contributed by atoms with Gasteiger partial charge in [-0.2, -0.15) is 0 Å². The van der Waals surface area contributed by atoms with Crippen LogP contribution >= 0.6 is 23.4 Å². The van der Waals surface area contributed by atoms with E-state index in [1.165, 1.54) is 25.3 Å². The van der Waals surface area contributed by atoms with Gasteiger partial charge >= 0.3 is 5.97 Å². The van der Waals surface area contributed by atoms with Crippen molar-refractivity contribution in [3.63, 3.8) is 0 Å². The number of rotatable bonds is 6. The number of hydrogen-bond acceptors (Lipinski definition) is 6. The minimum Gasteiger partial charge on any atom is -0.469 e. The lowest BCUT2D eigenvalue weighted by molar-refractivity contribution is -0.139. The highest BCUT2D eigenvalue weighted by atomic mass is 35.5. The number of carbonyl (C=O) groups is 2. The second-order valence-electron chi connectivity index (χ2n) is 4.76. The van der Waals surface area contributed by atoms with Crippen molar-refractivity contribution in [1.82, 2.24) is 9.97 Å². The van der Waals surface area contributed by atoms with Gasteiger partial charge in [0.2, 0.25) is 5.91 Å². The van der Waals surface area contributed by atoms with E-state index in [2.05, 4.69) is 20.0 Å². The molecule has 7 nitrogen and oxygen atoms in total. The average molecular weight is 386 g/mol. The Morgan fingerprint density at radius 2 is 2.16 bits per heavy atom. The number of aromatic nitrogens is 2. The maximum Gasteiger partial charge on any atom is 0.311 e. The molecule has 0 unspecified atom stereocenters. The molecule has 0 atom stereocenters. The topological polar surface area (TPSA) is 101 Å². The third kappa shape index (κ3) is 5.87. The van der Waals surface area contributed by atoms with Crippen molar-refractivity contribution in [1.29, 1.82) is 0 Å². The first-order chi connectivity index (χ1) is 11.9. The van der Waals surface area contributed by atoms with E-state index in [0.717, 1.165) is 17.8 Å². The summed E-state index contributed by atoms with van der Waals surface area (Å²) in [5.74, 6) is -1.80. The summed E-state index contributed by atoms with van der Waals surface area (Å²) in [5.41, 5.74) is -0.237. The maximum absolute atomic E-state index is 13.6. The molecule has 0 saturated heterocycles. The molecular weight excluding hydrogens is 373 g/mol. The van der Waals surface area contributed by atoms with Gasteiger partial charge in [0, 0.05) is 11.1 Å². The predicted octanol–water partition coefficient (Wildman–Crippen LogP) is 2.01. The first kappa shape index (κ1) is 18.9. The monoisotopic (exact) mass is 385 g/mol. The van der Waals surface area contributed by atoms with E-state index in [0.29, 0.717) is 0 Å². The Hall–Kier alpha value is -2.39. The fourth-order valence-corrected chi connectivity index (χ4v) is 2.63. The summed E-state index contributed by atoms with van der Waals surface area (Å²) < 4.78 is 18.1. The summed E-state index contributed by atoms with van der Waals surface area (Å²) in [6, 6.07) is 5.05. The summed E-state index contributed by atoms with van der Waals surface area (Å²) in [5, 5.41) is 2.77. The quantitative estimate of drug-likeness (QED) is 0.448. The smallest absolute Gasteiger partial charge is 0.311 e. The summed E-state index contributed by atoms with van der Waals surface area (Å²) in [7, 11) is 1.23. The number of esters is 1. The molecule has 0 aliphatic carbocycles. The number of benzene rings is 1. The Kier molecular flexibility index (Phi) is 6.54. The van der Waals surface area contributed by atoms with Gasteiger partial charge < -0.3 is 15.0 Å². The lowest BCUT2D eigenvalue weighted by atomic mass is 10.3. The predicted molar refractivity (Wildman–Crippen MR) is 91.3 cm³/mol. The SMILES string of the molecule is COC(=O)Cc1cc(=O)[nH]c(SCC(=O)Nc2ccc(Cl)cc2F)n1. The van der Waals surface area contributed by atoms with Gasteiger partial charge in [-0.05, 0) is 18.2 Å². The molecule has 1 heterocycles.